The third-order valence-electron chi connectivity index (χ3n) is 8.71. The Bertz CT molecular complexity index is 1480. The molecule has 0 unspecified atom stereocenters. The maximum Gasteiger partial charge on any atom is 0.573 e. The molecular formula is C34H37F3N4O4. The van der Waals surface area contributed by atoms with E-state index in [9.17, 15) is 27.6 Å². The molecule has 0 N–H and O–H groups in total. The summed E-state index contributed by atoms with van der Waals surface area (Å²) in [6, 6.07) is 16.7. The van der Waals surface area contributed by atoms with Gasteiger partial charge in [0, 0.05) is 63.5 Å². The van der Waals surface area contributed by atoms with Crippen LogP contribution in [0.25, 0.3) is 0 Å². The summed E-state index contributed by atoms with van der Waals surface area (Å²) in [5.41, 5.74) is 3.36. The molecule has 3 aromatic rings. The van der Waals surface area contributed by atoms with Crippen LogP contribution in [0.15, 0.2) is 66.9 Å². The second-order valence-corrected chi connectivity index (χ2v) is 11.8. The topological polar surface area (TPSA) is 83.1 Å². The van der Waals surface area contributed by atoms with Crippen LogP contribution in [0.3, 0.4) is 0 Å². The molecular weight excluding hydrogens is 585 g/mol. The number of halogens is 3. The van der Waals surface area contributed by atoms with Crippen molar-refractivity contribution in [3.63, 3.8) is 0 Å². The number of ether oxygens (including phenoxy) is 1. The third-order valence-corrected chi connectivity index (χ3v) is 8.71. The predicted octanol–water partition coefficient (Wildman–Crippen LogP) is 5.76. The number of likely N-dealkylation sites (tertiary alicyclic amines) is 2. The lowest BCUT2D eigenvalue weighted by Crippen LogP contribution is -2.45. The van der Waals surface area contributed by atoms with Crippen LogP contribution < -0.4 is 4.74 Å². The lowest BCUT2D eigenvalue weighted by atomic mass is 9.88. The van der Waals surface area contributed by atoms with Gasteiger partial charge >= 0.3 is 6.36 Å². The maximum absolute atomic E-state index is 13.2. The third kappa shape index (κ3) is 8.27. The van der Waals surface area contributed by atoms with E-state index < -0.39 is 6.36 Å². The second-order valence-electron chi connectivity index (χ2n) is 11.8. The van der Waals surface area contributed by atoms with Gasteiger partial charge in [-0.05, 0) is 62.4 Å². The molecule has 2 aliphatic rings. The molecule has 5 rings (SSSR count). The summed E-state index contributed by atoms with van der Waals surface area (Å²) in [4.78, 5) is 49.2. The molecule has 8 nitrogen and oxygen atoms in total. The van der Waals surface area contributed by atoms with Crippen LogP contribution in [0.2, 0.25) is 0 Å². The maximum atomic E-state index is 13.2. The fourth-order valence-electron chi connectivity index (χ4n) is 6.00. The van der Waals surface area contributed by atoms with Crippen molar-refractivity contribution in [1.29, 1.82) is 0 Å². The van der Waals surface area contributed by atoms with Crippen LogP contribution in [-0.2, 0) is 6.54 Å². The number of Topliss-reactive ketones (excluding diaryl/α,β-unsaturated/α-hetero) is 1. The Morgan fingerprint density at radius 2 is 1.49 bits per heavy atom. The minimum Gasteiger partial charge on any atom is -0.406 e. The van der Waals surface area contributed by atoms with E-state index in [-0.39, 0.29) is 41.0 Å². The number of pyridine rings is 1. The summed E-state index contributed by atoms with van der Waals surface area (Å²) in [7, 11) is 1.77. The molecule has 2 fully saturated rings. The van der Waals surface area contributed by atoms with Gasteiger partial charge in [0.15, 0.2) is 5.78 Å². The first-order valence-corrected chi connectivity index (χ1v) is 15.2. The van der Waals surface area contributed by atoms with Gasteiger partial charge in [0.25, 0.3) is 11.8 Å². The molecule has 0 atom stereocenters. The van der Waals surface area contributed by atoms with Gasteiger partial charge in [-0.3, -0.25) is 24.3 Å². The number of rotatable bonds is 8. The molecule has 238 valence electrons. The highest BCUT2D eigenvalue weighted by atomic mass is 19.4. The van der Waals surface area contributed by atoms with Gasteiger partial charge in [-0.15, -0.1) is 13.2 Å². The first kappa shape index (κ1) is 32.2. The van der Waals surface area contributed by atoms with Crippen molar-refractivity contribution >= 4 is 17.6 Å². The zero-order chi connectivity index (χ0) is 32.1. The Labute approximate surface area is 260 Å². The van der Waals surface area contributed by atoms with Crippen molar-refractivity contribution in [3.05, 3.63) is 94.8 Å². The van der Waals surface area contributed by atoms with Crippen LogP contribution in [0.1, 0.15) is 68.0 Å². The normalized spacial score (nSPS) is 16.8. The van der Waals surface area contributed by atoms with Gasteiger partial charge in [-0.25, -0.2) is 0 Å². The van der Waals surface area contributed by atoms with E-state index in [2.05, 4.69) is 14.6 Å². The largest absolute Gasteiger partial charge is 0.573 e. The second kappa shape index (κ2) is 13.8. The molecule has 0 bridgehead atoms. The van der Waals surface area contributed by atoms with Crippen LogP contribution in [-0.4, -0.2) is 82.9 Å². The fraction of sp³-hybridized carbons (Fsp3) is 0.412. The summed E-state index contributed by atoms with van der Waals surface area (Å²) in [5.74, 6) is -0.621. The molecule has 2 saturated heterocycles. The van der Waals surface area contributed by atoms with Gasteiger partial charge < -0.3 is 14.5 Å². The van der Waals surface area contributed by atoms with Crippen molar-refractivity contribution < 1.29 is 32.3 Å². The number of hydrogen-bond donors (Lipinski definition) is 0. The lowest BCUT2D eigenvalue weighted by molar-refractivity contribution is -0.274. The molecule has 2 amide bonds. The van der Waals surface area contributed by atoms with E-state index in [1.54, 1.807) is 41.1 Å². The molecule has 11 heteroatoms. The van der Waals surface area contributed by atoms with Crippen LogP contribution in [0.5, 0.6) is 5.75 Å². The number of carbonyl (C=O) groups excluding carboxylic acids is 3. The van der Waals surface area contributed by atoms with Crippen molar-refractivity contribution in [2.24, 2.45) is 5.92 Å². The standard InChI is InChI=1S/C34H37F3N4O4/c1-23-3-7-25(8-4-23)31(42)26-13-19-41(20-14-26)33(44)30-12-9-27(21-38-30)32(43)39(2)28-15-17-40(18-16-28)22-24-5-10-29(11-6-24)45-34(35,36)37/h3-12,21,26,28H,13-20,22H2,1-2H3. The van der Waals surface area contributed by atoms with Crippen LogP contribution >= 0.6 is 0 Å². The molecule has 2 aromatic carbocycles. The highest BCUT2D eigenvalue weighted by Gasteiger charge is 2.32. The summed E-state index contributed by atoms with van der Waals surface area (Å²) in [5, 5.41) is 0. The number of piperidine rings is 2. The molecule has 1 aromatic heterocycles. The number of aromatic nitrogens is 1. The number of hydrogen-bond acceptors (Lipinski definition) is 6. The summed E-state index contributed by atoms with van der Waals surface area (Å²) >= 11 is 0. The summed E-state index contributed by atoms with van der Waals surface area (Å²) in [6.07, 6.45) is -0.565. The van der Waals surface area contributed by atoms with Gasteiger partial charge in [-0.1, -0.05) is 42.0 Å². The number of ketones is 1. The summed E-state index contributed by atoms with van der Waals surface area (Å²) in [6.45, 7) is 5.00. The Morgan fingerprint density at radius 3 is 2.07 bits per heavy atom. The average Bonchev–Trinajstić information content (AvgIpc) is 3.04. The van der Waals surface area contributed by atoms with Crippen molar-refractivity contribution in [2.45, 2.75) is 51.6 Å². The molecule has 0 radical (unpaired) electrons. The Hall–Kier alpha value is -4.25. The van der Waals surface area contributed by atoms with E-state index in [0.717, 1.165) is 37.1 Å². The predicted molar refractivity (Wildman–Crippen MR) is 162 cm³/mol. The highest BCUT2D eigenvalue weighted by Crippen LogP contribution is 2.25. The zero-order valence-electron chi connectivity index (χ0n) is 25.4. The number of nitrogens with zero attached hydrogens (tertiary/aromatic N) is 4. The Balaban J connectivity index is 1.08. The van der Waals surface area contributed by atoms with Crippen molar-refractivity contribution in [3.8, 4) is 5.75 Å². The zero-order valence-corrected chi connectivity index (χ0v) is 25.4. The molecule has 3 heterocycles. The molecule has 2 aliphatic heterocycles. The van der Waals surface area contributed by atoms with Crippen LogP contribution in [0.4, 0.5) is 13.2 Å². The van der Waals surface area contributed by atoms with E-state index in [4.69, 9.17) is 0 Å². The summed E-state index contributed by atoms with van der Waals surface area (Å²) < 4.78 is 41.1. The first-order valence-electron chi connectivity index (χ1n) is 15.2. The number of carbonyl (C=O) groups is 3. The van der Waals surface area contributed by atoms with Gasteiger partial charge in [0.2, 0.25) is 0 Å². The quantitative estimate of drug-likeness (QED) is 0.297. The van der Waals surface area contributed by atoms with Gasteiger partial charge in [-0.2, -0.15) is 0 Å². The monoisotopic (exact) mass is 622 g/mol. The highest BCUT2D eigenvalue weighted by molar-refractivity contribution is 5.98. The first-order chi connectivity index (χ1) is 21.5. The average molecular weight is 623 g/mol. The Morgan fingerprint density at radius 1 is 0.867 bits per heavy atom. The van der Waals surface area contributed by atoms with Crippen molar-refractivity contribution in [1.82, 2.24) is 19.7 Å². The van der Waals surface area contributed by atoms with E-state index in [0.29, 0.717) is 43.6 Å². The van der Waals surface area contributed by atoms with Gasteiger partial charge in [0.1, 0.15) is 11.4 Å². The van der Waals surface area contributed by atoms with Gasteiger partial charge in [0.05, 0.1) is 5.56 Å². The molecule has 0 spiro atoms. The van der Waals surface area contributed by atoms with E-state index >= 15 is 0 Å². The van der Waals surface area contributed by atoms with Crippen molar-refractivity contribution in [2.75, 3.05) is 33.2 Å². The number of amides is 2. The number of alkyl halides is 3. The fourth-order valence-corrected chi connectivity index (χ4v) is 6.00. The molecule has 0 aliphatic carbocycles. The molecule has 0 saturated carbocycles. The van der Waals surface area contributed by atoms with E-state index in [1.807, 2.05) is 31.2 Å². The minimum absolute atomic E-state index is 0.0292. The SMILES string of the molecule is Cc1ccc(C(=O)C2CCN(C(=O)c3ccc(C(=O)N(C)C4CCN(Cc5ccc(OC(F)(F)F)cc5)CC4)cn3)CC2)cc1. The lowest BCUT2D eigenvalue weighted by Gasteiger charge is -2.36. The van der Waals surface area contributed by atoms with E-state index in [1.165, 1.54) is 18.3 Å². The number of benzene rings is 2. The molecule has 45 heavy (non-hydrogen) atoms. The smallest absolute Gasteiger partial charge is 0.406 e. The number of aryl methyl sites for hydroxylation is 1. The Kier molecular flexibility index (Phi) is 9.86. The van der Waals surface area contributed by atoms with Crippen LogP contribution in [0, 0.1) is 12.8 Å². The minimum atomic E-state index is -4.72.